The van der Waals surface area contributed by atoms with Gasteiger partial charge in [-0.25, -0.2) is 9.97 Å². The molecule has 172 valence electrons. The van der Waals surface area contributed by atoms with E-state index < -0.39 is 5.91 Å². The maximum Gasteiger partial charge on any atom is 0.265 e. The van der Waals surface area contributed by atoms with Crippen LogP contribution < -0.4 is 20.5 Å². The first-order valence-electron chi connectivity index (χ1n) is 10.6. The van der Waals surface area contributed by atoms with Gasteiger partial charge in [0.25, 0.3) is 5.91 Å². The van der Waals surface area contributed by atoms with E-state index in [1.807, 2.05) is 54.6 Å². The summed E-state index contributed by atoms with van der Waals surface area (Å²) >= 11 is 0. The van der Waals surface area contributed by atoms with E-state index in [0.717, 1.165) is 11.1 Å². The number of aromatic nitrogens is 2. The maximum atomic E-state index is 11.9. The number of anilines is 2. The molecule has 0 atom stereocenters. The lowest BCUT2D eigenvalue weighted by molar-refractivity contribution is -0.112. The molecule has 4 rings (SSSR count). The average Bonchev–Trinajstić information content (AvgIpc) is 2.88. The second-order valence-electron chi connectivity index (χ2n) is 7.41. The lowest BCUT2D eigenvalue weighted by atomic mass is 10.1. The largest absolute Gasteiger partial charge is 0.489 e. The van der Waals surface area contributed by atoms with Crippen LogP contribution in [-0.4, -0.2) is 15.9 Å². The summed E-state index contributed by atoms with van der Waals surface area (Å²) in [5.41, 5.74) is 8.75. The Hall–Kier alpha value is -5.16. The molecule has 8 nitrogen and oxygen atoms in total. The fraction of sp³-hybridized carbons (Fsp3) is 0.0370. The lowest BCUT2D eigenvalue weighted by Gasteiger charge is -2.13. The van der Waals surface area contributed by atoms with Gasteiger partial charge < -0.3 is 20.5 Å². The van der Waals surface area contributed by atoms with Crippen molar-refractivity contribution < 1.29 is 14.3 Å². The van der Waals surface area contributed by atoms with Crippen LogP contribution in [0.2, 0.25) is 0 Å². The molecule has 1 heterocycles. The van der Waals surface area contributed by atoms with Crippen LogP contribution in [0.4, 0.5) is 11.5 Å². The van der Waals surface area contributed by atoms with E-state index in [9.17, 15) is 4.79 Å². The number of nitrogens with zero attached hydrogens (tertiary/aromatic N) is 3. The number of benzene rings is 3. The van der Waals surface area contributed by atoms with Crippen LogP contribution in [0.5, 0.6) is 17.4 Å². The molecule has 1 amide bonds. The summed E-state index contributed by atoms with van der Waals surface area (Å²) in [5, 5.41) is 11.4. The van der Waals surface area contributed by atoms with E-state index in [1.54, 1.807) is 30.3 Å². The van der Waals surface area contributed by atoms with Gasteiger partial charge in [0, 0.05) is 11.8 Å². The monoisotopic (exact) mass is 463 g/mol. The second-order valence-corrected chi connectivity index (χ2v) is 7.41. The van der Waals surface area contributed by atoms with Crippen LogP contribution in [0.25, 0.3) is 11.1 Å². The Morgan fingerprint density at radius 3 is 2.51 bits per heavy atom. The van der Waals surface area contributed by atoms with Crippen molar-refractivity contribution in [2.45, 2.75) is 6.61 Å². The quantitative estimate of drug-likeness (QED) is 0.275. The SMILES string of the molecule is C=C(C#N)C(=O)Nc1cccc(Oc2ncnc(N)c2-c2ccc(OCc3ccccc3)cc2)c1. The highest BCUT2D eigenvalue weighted by Crippen LogP contribution is 2.36. The van der Waals surface area contributed by atoms with Crippen molar-refractivity contribution in [2.24, 2.45) is 0 Å². The molecule has 0 aliphatic rings. The van der Waals surface area contributed by atoms with Gasteiger partial charge in [-0.3, -0.25) is 4.79 Å². The fourth-order valence-electron chi connectivity index (χ4n) is 3.20. The van der Waals surface area contributed by atoms with Crippen molar-refractivity contribution in [3.8, 4) is 34.6 Å². The molecule has 0 spiro atoms. The van der Waals surface area contributed by atoms with Crippen molar-refractivity contribution in [1.82, 2.24) is 9.97 Å². The van der Waals surface area contributed by atoms with Crippen LogP contribution in [0, 0.1) is 11.3 Å². The first-order valence-corrected chi connectivity index (χ1v) is 10.6. The van der Waals surface area contributed by atoms with Crippen molar-refractivity contribution >= 4 is 17.4 Å². The minimum atomic E-state index is -0.591. The molecular weight excluding hydrogens is 442 g/mol. The Bertz CT molecular complexity index is 1400. The number of nitriles is 1. The topological polar surface area (TPSA) is 123 Å². The van der Waals surface area contributed by atoms with Gasteiger partial charge in [0.15, 0.2) is 0 Å². The Morgan fingerprint density at radius 1 is 1.00 bits per heavy atom. The van der Waals surface area contributed by atoms with Crippen molar-refractivity contribution in [3.05, 3.63) is 103 Å². The Morgan fingerprint density at radius 2 is 1.77 bits per heavy atom. The minimum absolute atomic E-state index is 0.196. The van der Waals surface area contributed by atoms with Gasteiger partial charge in [0.05, 0.1) is 5.56 Å². The molecule has 1 aromatic heterocycles. The molecule has 8 heteroatoms. The molecule has 0 aliphatic carbocycles. The molecule has 0 bridgehead atoms. The van der Waals surface area contributed by atoms with Crippen LogP contribution in [0.3, 0.4) is 0 Å². The predicted octanol–water partition coefficient (Wildman–Crippen LogP) is 5.12. The number of nitrogen functional groups attached to an aromatic ring is 1. The number of rotatable bonds is 8. The van der Waals surface area contributed by atoms with Gasteiger partial charge >= 0.3 is 0 Å². The van der Waals surface area contributed by atoms with E-state index >= 15 is 0 Å². The molecule has 3 N–H and O–H groups in total. The number of nitrogens with one attached hydrogen (secondary N) is 1. The Balaban J connectivity index is 1.53. The van der Waals surface area contributed by atoms with Gasteiger partial charge in [0.2, 0.25) is 5.88 Å². The molecule has 4 aromatic rings. The zero-order valence-electron chi connectivity index (χ0n) is 18.6. The summed E-state index contributed by atoms with van der Waals surface area (Å²) in [4.78, 5) is 20.3. The molecule has 0 unspecified atom stereocenters. The highest BCUT2D eigenvalue weighted by atomic mass is 16.5. The van der Waals surface area contributed by atoms with Crippen LogP contribution in [0.15, 0.2) is 97.3 Å². The maximum absolute atomic E-state index is 11.9. The van der Waals surface area contributed by atoms with Crippen molar-refractivity contribution in [3.63, 3.8) is 0 Å². The van der Waals surface area contributed by atoms with E-state index in [2.05, 4.69) is 21.9 Å². The third-order valence-corrected chi connectivity index (χ3v) is 4.95. The van der Waals surface area contributed by atoms with Gasteiger partial charge in [0.1, 0.15) is 41.9 Å². The smallest absolute Gasteiger partial charge is 0.265 e. The minimum Gasteiger partial charge on any atom is -0.489 e. The molecule has 0 saturated heterocycles. The zero-order valence-corrected chi connectivity index (χ0v) is 18.6. The van der Waals surface area contributed by atoms with Crippen molar-refractivity contribution in [2.75, 3.05) is 11.1 Å². The van der Waals surface area contributed by atoms with E-state index in [-0.39, 0.29) is 17.3 Å². The first kappa shape index (κ1) is 23.0. The zero-order chi connectivity index (χ0) is 24.6. The summed E-state index contributed by atoms with van der Waals surface area (Å²) in [6, 6.07) is 25.7. The number of ether oxygens (including phenoxy) is 2. The fourth-order valence-corrected chi connectivity index (χ4v) is 3.20. The van der Waals surface area contributed by atoms with Crippen LogP contribution in [-0.2, 0) is 11.4 Å². The Labute approximate surface area is 202 Å². The molecule has 3 aromatic carbocycles. The van der Waals surface area contributed by atoms with Crippen LogP contribution in [0.1, 0.15) is 5.56 Å². The van der Waals surface area contributed by atoms with Gasteiger partial charge in [-0.1, -0.05) is 55.1 Å². The third kappa shape index (κ3) is 5.80. The lowest BCUT2D eigenvalue weighted by Crippen LogP contribution is -2.12. The van der Waals surface area contributed by atoms with Gasteiger partial charge in [-0.05, 0) is 35.4 Å². The summed E-state index contributed by atoms with van der Waals surface area (Å²) in [6.45, 7) is 3.86. The van der Waals surface area contributed by atoms with Crippen LogP contribution >= 0.6 is 0 Å². The Kier molecular flexibility index (Phi) is 6.99. The van der Waals surface area contributed by atoms with Crippen molar-refractivity contribution in [1.29, 1.82) is 5.26 Å². The summed E-state index contributed by atoms with van der Waals surface area (Å²) < 4.78 is 11.8. The third-order valence-electron chi connectivity index (χ3n) is 4.95. The molecule has 0 fully saturated rings. The van der Waals surface area contributed by atoms with Gasteiger partial charge in [-0.15, -0.1) is 0 Å². The van der Waals surface area contributed by atoms with E-state index in [4.69, 9.17) is 20.5 Å². The first-order chi connectivity index (χ1) is 17.0. The number of hydrogen-bond acceptors (Lipinski definition) is 7. The highest BCUT2D eigenvalue weighted by Gasteiger charge is 2.15. The predicted molar refractivity (Wildman–Crippen MR) is 133 cm³/mol. The molecule has 35 heavy (non-hydrogen) atoms. The summed E-state index contributed by atoms with van der Waals surface area (Å²) in [6.07, 6.45) is 1.31. The molecule has 0 aliphatic heterocycles. The van der Waals surface area contributed by atoms with E-state index in [1.165, 1.54) is 6.33 Å². The summed E-state index contributed by atoms with van der Waals surface area (Å²) in [7, 11) is 0. The normalized spacial score (nSPS) is 10.1. The number of hydrogen-bond donors (Lipinski definition) is 2. The second kappa shape index (κ2) is 10.6. The number of nitrogens with two attached hydrogens (primary N) is 1. The summed E-state index contributed by atoms with van der Waals surface area (Å²) in [5.74, 6) is 1.03. The van der Waals surface area contributed by atoms with Gasteiger partial charge in [-0.2, -0.15) is 5.26 Å². The number of carbonyl (C=O) groups is 1. The number of carbonyl (C=O) groups excluding carboxylic acids is 1. The van der Waals surface area contributed by atoms with E-state index in [0.29, 0.717) is 29.4 Å². The highest BCUT2D eigenvalue weighted by molar-refractivity contribution is 6.06. The average molecular weight is 463 g/mol. The number of amides is 1. The molecular formula is C27H21N5O3. The standard InChI is InChI=1S/C27H21N5O3/c1-18(15-28)26(33)32-21-8-5-9-23(14-21)35-27-24(25(29)30-17-31-27)20-10-12-22(13-11-20)34-16-19-6-3-2-4-7-19/h2-14,17H,1,16H2,(H,32,33)(H2,29,30,31). The molecule has 0 radical (unpaired) electrons. The molecule has 0 saturated carbocycles.